The highest BCUT2D eigenvalue weighted by Crippen LogP contribution is 2.20. The Morgan fingerprint density at radius 3 is 2.75 bits per heavy atom. The lowest BCUT2D eigenvalue weighted by Gasteiger charge is -1.93. The van der Waals surface area contributed by atoms with Gasteiger partial charge in [-0.1, -0.05) is 0 Å². The van der Waals surface area contributed by atoms with E-state index in [9.17, 15) is 4.39 Å². The molecule has 0 saturated heterocycles. The Hall–Kier alpha value is -2.30. The standard InChI is InChI=1S/C11H7FN3O/c12-8-3-1-7(2-4-8)9-5-15-6-10(13)16-11(15)14-9/h1-4,6H,13H2. The molecule has 2 N–H and O–H groups in total. The van der Waals surface area contributed by atoms with Crippen LogP contribution >= 0.6 is 0 Å². The molecule has 3 rings (SSSR count). The quantitative estimate of drug-likeness (QED) is 0.677. The molecule has 0 aliphatic rings. The lowest BCUT2D eigenvalue weighted by molar-refractivity contribution is 0.615. The van der Waals surface area contributed by atoms with Crippen LogP contribution in [0.3, 0.4) is 0 Å². The van der Waals surface area contributed by atoms with Gasteiger partial charge in [-0.15, -0.1) is 0 Å². The van der Waals surface area contributed by atoms with E-state index in [-0.39, 0.29) is 11.7 Å². The Kier molecular flexibility index (Phi) is 1.73. The maximum Gasteiger partial charge on any atom is 0.308 e. The zero-order valence-electron chi connectivity index (χ0n) is 8.14. The van der Waals surface area contributed by atoms with Crippen molar-refractivity contribution in [2.24, 2.45) is 0 Å². The fourth-order valence-electron chi connectivity index (χ4n) is 1.49. The van der Waals surface area contributed by atoms with Gasteiger partial charge in [-0.25, -0.2) is 4.39 Å². The average molecular weight is 216 g/mol. The van der Waals surface area contributed by atoms with Crippen LogP contribution in [0, 0.1) is 12.0 Å². The van der Waals surface area contributed by atoms with Gasteiger partial charge >= 0.3 is 5.84 Å². The van der Waals surface area contributed by atoms with Gasteiger partial charge in [-0.3, -0.25) is 4.40 Å². The molecule has 4 nitrogen and oxygen atoms in total. The number of oxazole rings is 1. The third kappa shape index (κ3) is 1.33. The largest absolute Gasteiger partial charge is 0.407 e. The fraction of sp³-hybridized carbons (Fsp3) is 0. The van der Waals surface area contributed by atoms with E-state index < -0.39 is 0 Å². The molecule has 0 unspecified atom stereocenters. The molecule has 0 spiro atoms. The van der Waals surface area contributed by atoms with Crippen molar-refractivity contribution in [1.29, 1.82) is 0 Å². The molecule has 0 aliphatic carbocycles. The van der Waals surface area contributed by atoms with Crippen molar-refractivity contribution in [3.63, 3.8) is 0 Å². The monoisotopic (exact) mass is 216 g/mol. The molecule has 0 fully saturated rings. The maximum atomic E-state index is 12.7. The van der Waals surface area contributed by atoms with Crippen LogP contribution in [0.15, 0.2) is 34.9 Å². The number of nitrogen functional groups attached to an aromatic ring is 1. The summed E-state index contributed by atoms with van der Waals surface area (Å²) in [5, 5.41) is 0. The van der Waals surface area contributed by atoms with Crippen LogP contribution < -0.4 is 5.73 Å². The van der Waals surface area contributed by atoms with Crippen LogP contribution in [-0.4, -0.2) is 9.38 Å². The molecular formula is C11H7FN3O. The predicted molar refractivity (Wildman–Crippen MR) is 56.1 cm³/mol. The summed E-state index contributed by atoms with van der Waals surface area (Å²) >= 11 is 0. The molecule has 2 aromatic heterocycles. The highest BCUT2D eigenvalue weighted by Gasteiger charge is 2.08. The van der Waals surface area contributed by atoms with E-state index in [1.54, 1.807) is 22.7 Å². The third-order valence-corrected chi connectivity index (χ3v) is 2.22. The summed E-state index contributed by atoms with van der Waals surface area (Å²) in [7, 11) is 0. The van der Waals surface area contributed by atoms with Gasteiger partial charge in [0.2, 0.25) is 5.88 Å². The van der Waals surface area contributed by atoms with E-state index in [1.165, 1.54) is 12.1 Å². The van der Waals surface area contributed by atoms with Crippen molar-refractivity contribution < 1.29 is 8.81 Å². The van der Waals surface area contributed by atoms with Crippen molar-refractivity contribution >= 4 is 11.7 Å². The van der Waals surface area contributed by atoms with Crippen molar-refractivity contribution in [3.05, 3.63) is 42.5 Å². The number of aromatic nitrogens is 2. The van der Waals surface area contributed by atoms with Crippen LogP contribution in [0.4, 0.5) is 10.3 Å². The second kappa shape index (κ2) is 3.10. The minimum Gasteiger partial charge on any atom is -0.407 e. The SMILES string of the molecule is Nc1cn2[c]c(-c3ccc(F)cc3)nc2o1. The van der Waals surface area contributed by atoms with Gasteiger partial charge in [0.25, 0.3) is 0 Å². The van der Waals surface area contributed by atoms with E-state index in [0.717, 1.165) is 5.56 Å². The zero-order chi connectivity index (χ0) is 11.1. The normalized spacial score (nSPS) is 11.1. The van der Waals surface area contributed by atoms with E-state index in [4.69, 9.17) is 10.2 Å². The highest BCUT2D eigenvalue weighted by molar-refractivity contribution is 5.60. The number of rotatable bonds is 1. The molecule has 2 heterocycles. The van der Waals surface area contributed by atoms with Gasteiger partial charge in [0.15, 0.2) is 0 Å². The Balaban J connectivity index is 2.11. The Bertz CT molecular complexity index is 607. The second-order valence-corrected chi connectivity index (χ2v) is 3.37. The molecule has 1 aromatic carbocycles. The number of nitrogens with two attached hydrogens (primary N) is 1. The number of anilines is 1. The molecular weight excluding hydrogens is 209 g/mol. The van der Waals surface area contributed by atoms with E-state index in [0.29, 0.717) is 11.5 Å². The molecule has 3 aromatic rings. The van der Waals surface area contributed by atoms with Gasteiger partial charge < -0.3 is 10.2 Å². The van der Waals surface area contributed by atoms with Crippen LogP contribution in [0.1, 0.15) is 0 Å². The predicted octanol–water partition coefficient (Wildman–Crippen LogP) is 2.12. The van der Waals surface area contributed by atoms with E-state index in [1.807, 2.05) is 0 Å². The van der Waals surface area contributed by atoms with Crippen molar-refractivity contribution in [1.82, 2.24) is 9.38 Å². The molecule has 0 bridgehead atoms. The van der Waals surface area contributed by atoms with Crippen LogP contribution in [0.25, 0.3) is 17.1 Å². The smallest absolute Gasteiger partial charge is 0.308 e. The minimum absolute atomic E-state index is 0.282. The van der Waals surface area contributed by atoms with Crippen molar-refractivity contribution in [2.75, 3.05) is 5.73 Å². The number of hydrogen-bond acceptors (Lipinski definition) is 3. The van der Waals surface area contributed by atoms with Gasteiger partial charge in [0.05, 0.1) is 6.20 Å². The lowest BCUT2D eigenvalue weighted by atomic mass is 10.2. The molecule has 0 aliphatic heterocycles. The van der Waals surface area contributed by atoms with Gasteiger partial charge in [-0.05, 0) is 24.3 Å². The third-order valence-electron chi connectivity index (χ3n) is 2.22. The first-order valence-electron chi connectivity index (χ1n) is 4.65. The number of hydrogen-bond donors (Lipinski definition) is 1. The lowest BCUT2D eigenvalue weighted by Crippen LogP contribution is -1.81. The first-order valence-corrected chi connectivity index (χ1v) is 4.65. The van der Waals surface area contributed by atoms with Gasteiger partial charge in [0.1, 0.15) is 17.7 Å². The summed E-state index contributed by atoms with van der Waals surface area (Å²) in [6, 6.07) is 6.02. The van der Waals surface area contributed by atoms with Crippen LogP contribution in [-0.2, 0) is 0 Å². The Morgan fingerprint density at radius 2 is 2.06 bits per heavy atom. The molecule has 0 amide bonds. The highest BCUT2D eigenvalue weighted by atomic mass is 19.1. The Labute approximate surface area is 90.1 Å². The topological polar surface area (TPSA) is 56.5 Å². The summed E-state index contributed by atoms with van der Waals surface area (Å²) in [6.45, 7) is 0. The number of halogens is 1. The molecule has 5 heteroatoms. The Morgan fingerprint density at radius 1 is 1.31 bits per heavy atom. The number of fused-ring (bicyclic) bond motifs is 1. The summed E-state index contributed by atoms with van der Waals surface area (Å²) < 4.78 is 19.4. The maximum absolute atomic E-state index is 12.7. The van der Waals surface area contributed by atoms with E-state index >= 15 is 0 Å². The van der Waals surface area contributed by atoms with Crippen LogP contribution in [0.5, 0.6) is 0 Å². The first kappa shape index (κ1) is 8.96. The average Bonchev–Trinajstić information content (AvgIpc) is 2.75. The zero-order valence-corrected chi connectivity index (χ0v) is 8.14. The fourth-order valence-corrected chi connectivity index (χ4v) is 1.49. The summed E-state index contributed by atoms with van der Waals surface area (Å²) in [6.07, 6.45) is 4.54. The summed E-state index contributed by atoms with van der Waals surface area (Å²) in [4.78, 5) is 4.17. The molecule has 0 atom stereocenters. The number of imidazole rings is 1. The van der Waals surface area contributed by atoms with Crippen LogP contribution in [0.2, 0.25) is 0 Å². The van der Waals surface area contributed by atoms with Gasteiger partial charge in [-0.2, -0.15) is 4.98 Å². The molecule has 0 saturated carbocycles. The van der Waals surface area contributed by atoms with Crippen molar-refractivity contribution in [2.45, 2.75) is 0 Å². The summed E-state index contributed by atoms with van der Waals surface area (Å²) in [5.74, 6) is 0.372. The minimum atomic E-state index is -0.282. The summed E-state index contributed by atoms with van der Waals surface area (Å²) in [5.41, 5.74) is 6.82. The number of benzene rings is 1. The number of nitrogens with zero attached hydrogens (tertiary/aromatic N) is 2. The van der Waals surface area contributed by atoms with Crippen molar-refractivity contribution in [3.8, 4) is 11.3 Å². The van der Waals surface area contributed by atoms with Gasteiger partial charge in [0, 0.05) is 5.56 Å². The molecule has 1 radical (unpaired) electrons. The second-order valence-electron chi connectivity index (χ2n) is 3.37. The first-order chi connectivity index (χ1) is 7.72. The molecule has 16 heavy (non-hydrogen) atoms. The van der Waals surface area contributed by atoms with E-state index in [2.05, 4.69) is 11.2 Å². The molecule has 79 valence electrons.